The molecule has 0 bridgehead atoms. The molecule has 0 aliphatic carbocycles. The number of anilines is 1. The fourth-order valence-corrected chi connectivity index (χ4v) is 2.33. The Morgan fingerprint density at radius 2 is 1.95 bits per heavy atom. The summed E-state index contributed by atoms with van der Waals surface area (Å²) in [5, 5.41) is 3.50. The smallest absolute Gasteiger partial charge is 0.203 e. The Bertz CT molecular complexity index is 528. The van der Waals surface area contributed by atoms with Gasteiger partial charge in [-0.15, -0.1) is 0 Å². The van der Waals surface area contributed by atoms with E-state index in [9.17, 15) is 0 Å². The third-order valence-corrected chi connectivity index (χ3v) is 3.28. The first-order valence-electron chi connectivity index (χ1n) is 6.91. The van der Waals surface area contributed by atoms with E-state index >= 15 is 0 Å². The predicted octanol–water partition coefficient (Wildman–Crippen LogP) is 4.02. The molecule has 1 aromatic carbocycles. The number of nitrogens with one attached hydrogen (secondary N) is 1. The molecule has 0 aliphatic rings. The molecular formula is C16H23N3. The Labute approximate surface area is 115 Å². The third-order valence-electron chi connectivity index (χ3n) is 3.28. The molecule has 1 atom stereocenters. The number of aromatic nitrogens is 2. The largest absolute Gasteiger partial charge is 0.349 e. The molecule has 0 saturated heterocycles. The zero-order valence-electron chi connectivity index (χ0n) is 12.2. The van der Waals surface area contributed by atoms with Gasteiger partial charge in [0.2, 0.25) is 5.95 Å². The molecule has 3 heteroatoms. The summed E-state index contributed by atoms with van der Waals surface area (Å²) in [6.07, 6.45) is 3.89. The Morgan fingerprint density at radius 1 is 1.21 bits per heavy atom. The van der Waals surface area contributed by atoms with Crippen LogP contribution in [0.3, 0.4) is 0 Å². The van der Waals surface area contributed by atoms with Gasteiger partial charge in [0, 0.05) is 18.9 Å². The fourth-order valence-electron chi connectivity index (χ4n) is 2.33. The molecule has 1 unspecified atom stereocenters. The maximum atomic E-state index is 4.42. The first-order chi connectivity index (χ1) is 9.08. The number of rotatable bonds is 5. The number of imidazole rings is 1. The normalized spacial score (nSPS) is 12.7. The number of hydrogen-bond acceptors (Lipinski definition) is 2. The van der Waals surface area contributed by atoms with E-state index < -0.39 is 0 Å². The molecule has 2 rings (SSSR count). The highest BCUT2D eigenvalue weighted by Gasteiger charge is 2.11. The van der Waals surface area contributed by atoms with Gasteiger partial charge < -0.3 is 9.88 Å². The van der Waals surface area contributed by atoms with Crippen molar-refractivity contribution >= 4 is 5.95 Å². The van der Waals surface area contributed by atoms with Crippen molar-refractivity contribution < 1.29 is 0 Å². The molecule has 0 radical (unpaired) electrons. The minimum atomic E-state index is 0.259. The van der Waals surface area contributed by atoms with Crippen molar-refractivity contribution in [3.63, 3.8) is 0 Å². The first kappa shape index (κ1) is 13.7. The van der Waals surface area contributed by atoms with Crippen LogP contribution in [0.4, 0.5) is 5.95 Å². The topological polar surface area (TPSA) is 29.9 Å². The number of aryl methyl sites for hydroxylation is 1. The van der Waals surface area contributed by atoms with Gasteiger partial charge in [0.1, 0.15) is 0 Å². The molecule has 0 amide bonds. The zero-order valence-corrected chi connectivity index (χ0v) is 12.2. The quantitative estimate of drug-likeness (QED) is 0.876. The van der Waals surface area contributed by atoms with E-state index in [4.69, 9.17) is 0 Å². The predicted molar refractivity (Wildman–Crippen MR) is 80.3 cm³/mol. The van der Waals surface area contributed by atoms with Crippen molar-refractivity contribution in [3.05, 3.63) is 47.8 Å². The lowest BCUT2D eigenvalue weighted by atomic mass is 10.0. The Morgan fingerprint density at radius 3 is 2.63 bits per heavy atom. The van der Waals surface area contributed by atoms with Crippen molar-refractivity contribution in [2.45, 2.75) is 40.3 Å². The van der Waals surface area contributed by atoms with Crippen LogP contribution in [0.15, 0.2) is 36.7 Å². The highest BCUT2D eigenvalue weighted by molar-refractivity contribution is 5.36. The van der Waals surface area contributed by atoms with Crippen LogP contribution in [0.25, 0.3) is 0 Å². The maximum absolute atomic E-state index is 4.42. The van der Waals surface area contributed by atoms with E-state index in [0.717, 1.165) is 12.5 Å². The molecule has 1 heterocycles. The number of hydrogen-bond donors (Lipinski definition) is 1. The van der Waals surface area contributed by atoms with Crippen LogP contribution in [-0.2, 0) is 6.54 Å². The summed E-state index contributed by atoms with van der Waals surface area (Å²) >= 11 is 0. The van der Waals surface area contributed by atoms with Gasteiger partial charge in [-0.1, -0.05) is 38.1 Å². The van der Waals surface area contributed by atoms with Crippen molar-refractivity contribution in [1.82, 2.24) is 9.55 Å². The average Bonchev–Trinajstić information content (AvgIpc) is 2.76. The van der Waals surface area contributed by atoms with Crippen LogP contribution in [-0.4, -0.2) is 9.55 Å². The highest BCUT2D eigenvalue weighted by Crippen LogP contribution is 2.21. The molecule has 0 aliphatic heterocycles. The van der Waals surface area contributed by atoms with Crippen LogP contribution in [0.2, 0.25) is 0 Å². The zero-order chi connectivity index (χ0) is 13.8. The molecule has 102 valence electrons. The van der Waals surface area contributed by atoms with E-state index in [0.29, 0.717) is 5.92 Å². The van der Waals surface area contributed by atoms with E-state index in [1.54, 1.807) is 0 Å². The van der Waals surface area contributed by atoms with Gasteiger partial charge in [0.15, 0.2) is 0 Å². The van der Waals surface area contributed by atoms with Gasteiger partial charge in [-0.3, -0.25) is 0 Å². The van der Waals surface area contributed by atoms with Crippen LogP contribution >= 0.6 is 0 Å². The van der Waals surface area contributed by atoms with Gasteiger partial charge in [-0.05, 0) is 30.9 Å². The monoisotopic (exact) mass is 257 g/mol. The van der Waals surface area contributed by atoms with Crippen molar-refractivity contribution in [2.24, 2.45) is 5.92 Å². The van der Waals surface area contributed by atoms with E-state index in [2.05, 4.69) is 66.8 Å². The second-order valence-electron chi connectivity index (χ2n) is 5.52. The van der Waals surface area contributed by atoms with E-state index in [1.165, 1.54) is 11.1 Å². The summed E-state index contributed by atoms with van der Waals surface area (Å²) in [5.41, 5.74) is 2.63. The number of benzene rings is 1. The molecule has 0 fully saturated rings. The Balaban J connectivity index is 2.13. The molecule has 2 aromatic rings. The summed E-state index contributed by atoms with van der Waals surface area (Å²) in [4.78, 5) is 4.42. The molecule has 1 aromatic heterocycles. The summed E-state index contributed by atoms with van der Waals surface area (Å²) in [7, 11) is 0. The molecule has 1 N–H and O–H groups in total. The minimum Gasteiger partial charge on any atom is -0.349 e. The second kappa shape index (κ2) is 5.91. The highest BCUT2D eigenvalue weighted by atomic mass is 15.2. The van der Waals surface area contributed by atoms with Crippen LogP contribution in [0.1, 0.15) is 37.9 Å². The summed E-state index contributed by atoms with van der Waals surface area (Å²) < 4.78 is 2.18. The van der Waals surface area contributed by atoms with Gasteiger partial charge in [0.25, 0.3) is 0 Å². The molecule has 3 nitrogen and oxygen atoms in total. The summed E-state index contributed by atoms with van der Waals surface area (Å²) in [6, 6.07) is 8.73. The molecule has 0 saturated carbocycles. The van der Waals surface area contributed by atoms with Gasteiger partial charge in [0.05, 0.1) is 6.04 Å². The maximum Gasteiger partial charge on any atom is 0.203 e. The van der Waals surface area contributed by atoms with Gasteiger partial charge in [-0.25, -0.2) is 4.98 Å². The van der Waals surface area contributed by atoms with E-state index in [1.807, 2.05) is 12.4 Å². The Kier molecular flexibility index (Phi) is 4.25. The average molecular weight is 257 g/mol. The van der Waals surface area contributed by atoms with Gasteiger partial charge >= 0.3 is 0 Å². The fraction of sp³-hybridized carbons (Fsp3) is 0.438. The summed E-state index contributed by atoms with van der Waals surface area (Å²) in [5.74, 6) is 1.56. The van der Waals surface area contributed by atoms with Crippen LogP contribution < -0.4 is 5.32 Å². The lowest BCUT2D eigenvalue weighted by Crippen LogP contribution is -2.14. The van der Waals surface area contributed by atoms with Gasteiger partial charge in [-0.2, -0.15) is 0 Å². The van der Waals surface area contributed by atoms with Crippen molar-refractivity contribution in [3.8, 4) is 0 Å². The second-order valence-corrected chi connectivity index (χ2v) is 5.52. The summed E-state index contributed by atoms with van der Waals surface area (Å²) in [6.45, 7) is 9.75. The first-order valence-corrected chi connectivity index (χ1v) is 6.91. The molecule has 19 heavy (non-hydrogen) atoms. The molecule has 0 spiro atoms. The Hall–Kier alpha value is -1.77. The number of nitrogens with zero attached hydrogens (tertiary/aromatic N) is 2. The standard InChI is InChI=1S/C16H23N3/c1-12(2)11-19-10-9-17-16(19)18-14(4)15-8-6-5-7-13(15)3/h5-10,12,14H,11H2,1-4H3,(H,17,18). The SMILES string of the molecule is Cc1ccccc1C(C)Nc1nccn1CC(C)C. The van der Waals surface area contributed by atoms with Crippen molar-refractivity contribution in [2.75, 3.05) is 5.32 Å². The minimum absolute atomic E-state index is 0.259. The lowest BCUT2D eigenvalue weighted by molar-refractivity contribution is 0.524. The lowest BCUT2D eigenvalue weighted by Gasteiger charge is -2.18. The van der Waals surface area contributed by atoms with Crippen molar-refractivity contribution in [1.29, 1.82) is 0 Å². The molecular weight excluding hydrogens is 234 g/mol. The van der Waals surface area contributed by atoms with Crippen LogP contribution in [0.5, 0.6) is 0 Å². The third kappa shape index (κ3) is 3.37. The van der Waals surface area contributed by atoms with Crippen LogP contribution in [0, 0.1) is 12.8 Å². The van der Waals surface area contributed by atoms with E-state index in [-0.39, 0.29) is 6.04 Å².